The van der Waals surface area contributed by atoms with Gasteiger partial charge in [-0.05, 0) is 28.1 Å². The van der Waals surface area contributed by atoms with Crippen molar-refractivity contribution in [3.63, 3.8) is 0 Å². The molecule has 1 aliphatic rings. The van der Waals surface area contributed by atoms with E-state index in [1.54, 1.807) is 24.1 Å². The molecule has 1 amide bonds. The van der Waals surface area contributed by atoms with Gasteiger partial charge in [-0.15, -0.1) is 6.58 Å². The maximum atomic E-state index is 12.0. The number of nitrogens with zero attached hydrogens (tertiary/aromatic N) is 1. The van der Waals surface area contributed by atoms with Crippen LogP contribution in [0.4, 0.5) is 5.69 Å². The van der Waals surface area contributed by atoms with Gasteiger partial charge in [-0.25, -0.2) is 0 Å². The molecule has 1 aliphatic heterocycles. The second kappa shape index (κ2) is 5.33. The first-order valence-corrected chi connectivity index (χ1v) is 6.70. The normalized spacial score (nSPS) is 19.2. The molecule has 96 valence electrons. The lowest BCUT2D eigenvalue weighted by atomic mass is 10.1. The number of carbonyl (C=O) groups is 1. The maximum absolute atomic E-state index is 12.0. The molecule has 0 radical (unpaired) electrons. The summed E-state index contributed by atoms with van der Waals surface area (Å²) in [5.74, 6) is 0.880. The predicted molar refractivity (Wildman–Crippen MR) is 76.4 cm³/mol. The van der Waals surface area contributed by atoms with Crippen molar-refractivity contribution in [1.29, 1.82) is 0 Å². The van der Waals surface area contributed by atoms with E-state index in [1.807, 2.05) is 6.08 Å². The smallest absolute Gasteiger partial charge is 0.227 e. The first-order chi connectivity index (χ1) is 8.56. The third kappa shape index (κ3) is 2.40. The van der Waals surface area contributed by atoms with Gasteiger partial charge in [0.25, 0.3) is 0 Å². The minimum atomic E-state index is 0.0663. The minimum absolute atomic E-state index is 0.0663. The van der Waals surface area contributed by atoms with Gasteiger partial charge in [0.05, 0.1) is 17.8 Å². The lowest BCUT2D eigenvalue weighted by molar-refractivity contribution is -0.117. The SMILES string of the molecule is C=CC1CC(=O)N(c2cc(Cl)c(Br)cc2OC)C1. The number of halogens is 2. The lowest BCUT2D eigenvalue weighted by Gasteiger charge is -2.20. The van der Waals surface area contributed by atoms with E-state index >= 15 is 0 Å². The van der Waals surface area contributed by atoms with Gasteiger partial charge in [-0.1, -0.05) is 17.7 Å². The van der Waals surface area contributed by atoms with Gasteiger partial charge in [0.1, 0.15) is 5.75 Å². The Hall–Kier alpha value is -1.00. The molecule has 0 aliphatic carbocycles. The van der Waals surface area contributed by atoms with Crippen LogP contribution in [0.3, 0.4) is 0 Å². The summed E-state index contributed by atoms with van der Waals surface area (Å²) in [7, 11) is 1.57. The van der Waals surface area contributed by atoms with Crippen LogP contribution in [0.15, 0.2) is 29.3 Å². The molecule has 2 rings (SSSR count). The van der Waals surface area contributed by atoms with Crippen LogP contribution in [0.25, 0.3) is 0 Å². The van der Waals surface area contributed by atoms with Crippen LogP contribution in [0.2, 0.25) is 5.02 Å². The molecular formula is C13H13BrClNO2. The van der Waals surface area contributed by atoms with Crippen molar-refractivity contribution in [1.82, 2.24) is 0 Å². The fraction of sp³-hybridized carbons (Fsp3) is 0.308. The zero-order valence-corrected chi connectivity index (χ0v) is 12.3. The zero-order valence-electron chi connectivity index (χ0n) is 9.95. The van der Waals surface area contributed by atoms with E-state index < -0.39 is 0 Å². The molecular weight excluding hydrogens is 318 g/mol. The lowest BCUT2D eigenvalue weighted by Crippen LogP contribution is -2.24. The minimum Gasteiger partial charge on any atom is -0.495 e. The molecule has 1 fully saturated rings. The molecule has 0 spiro atoms. The van der Waals surface area contributed by atoms with Crippen LogP contribution in [0, 0.1) is 5.92 Å². The summed E-state index contributed by atoms with van der Waals surface area (Å²) in [6.07, 6.45) is 2.30. The van der Waals surface area contributed by atoms with E-state index in [1.165, 1.54) is 0 Å². The Balaban J connectivity index is 2.41. The summed E-state index contributed by atoms with van der Waals surface area (Å²) < 4.78 is 6.05. The number of methoxy groups -OCH3 is 1. The summed E-state index contributed by atoms with van der Waals surface area (Å²) in [4.78, 5) is 13.7. The Morgan fingerprint density at radius 1 is 1.61 bits per heavy atom. The first-order valence-electron chi connectivity index (χ1n) is 5.52. The molecule has 0 N–H and O–H groups in total. The molecule has 1 aromatic carbocycles. The number of anilines is 1. The molecule has 1 saturated heterocycles. The van der Waals surface area contributed by atoms with Gasteiger partial charge in [-0.2, -0.15) is 0 Å². The average Bonchev–Trinajstić information content (AvgIpc) is 2.73. The van der Waals surface area contributed by atoms with Gasteiger partial charge >= 0.3 is 0 Å². The van der Waals surface area contributed by atoms with E-state index in [0.29, 0.717) is 29.4 Å². The van der Waals surface area contributed by atoms with Crippen molar-refractivity contribution >= 4 is 39.1 Å². The van der Waals surface area contributed by atoms with Crippen LogP contribution in [-0.2, 0) is 4.79 Å². The van der Waals surface area contributed by atoms with E-state index in [0.717, 1.165) is 4.47 Å². The van der Waals surface area contributed by atoms with Gasteiger partial charge in [0.15, 0.2) is 0 Å². The van der Waals surface area contributed by atoms with Gasteiger partial charge in [0.2, 0.25) is 5.91 Å². The van der Waals surface area contributed by atoms with E-state index in [4.69, 9.17) is 16.3 Å². The number of hydrogen-bond donors (Lipinski definition) is 0. The van der Waals surface area contributed by atoms with Crippen LogP contribution < -0.4 is 9.64 Å². The highest BCUT2D eigenvalue weighted by molar-refractivity contribution is 9.10. The molecule has 0 bridgehead atoms. The van der Waals surface area contributed by atoms with Crippen LogP contribution in [0.1, 0.15) is 6.42 Å². The summed E-state index contributed by atoms with van der Waals surface area (Å²) >= 11 is 9.42. The third-order valence-corrected chi connectivity index (χ3v) is 4.20. The predicted octanol–water partition coefficient (Wildman–Crippen LogP) is 3.65. The molecule has 1 atom stereocenters. The van der Waals surface area contributed by atoms with Crippen molar-refractivity contribution in [3.05, 3.63) is 34.3 Å². The fourth-order valence-corrected chi connectivity index (χ4v) is 2.50. The Labute approximate surface area is 119 Å². The number of rotatable bonds is 3. The Kier molecular flexibility index (Phi) is 3.97. The van der Waals surface area contributed by atoms with Crippen molar-refractivity contribution in [2.24, 2.45) is 5.92 Å². The van der Waals surface area contributed by atoms with Crippen molar-refractivity contribution in [3.8, 4) is 5.75 Å². The van der Waals surface area contributed by atoms with Crippen LogP contribution >= 0.6 is 27.5 Å². The molecule has 0 aromatic heterocycles. The number of amides is 1. The van der Waals surface area contributed by atoms with Gasteiger partial charge in [0, 0.05) is 23.4 Å². The molecule has 1 aromatic rings. The van der Waals surface area contributed by atoms with E-state index in [-0.39, 0.29) is 11.8 Å². The van der Waals surface area contributed by atoms with Gasteiger partial charge in [-0.3, -0.25) is 4.79 Å². The first kappa shape index (κ1) is 13.4. The summed E-state index contributed by atoms with van der Waals surface area (Å²) in [6.45, 7) is 4.36. The Morgan fingerprint density at radius 3 is 2.89 bits per heavy atom. The van der Waals surface area contributed by atoms with Crippen molar-refractivity contribution in [2.75, 3.05) is 18.6 Å². The summed E-state index contributed by atoms with van der Waals surface area (Å²) in [5, 5.41) is 0.556. The highest BCUT2D eigenvalue weighted by Gasteiger charge is 2.30. The van der Waals surface area contributed by atoms with Crippen LogP contribution in [0.5, 0.6) is 5.75 Å². The van der Waals surface area contributed by atoms with E-state index in [2.05, 4.69) is 22.5 Å². The Morgan fingerprint density at radius 2 is 2.33 bits per heavy atom. The summed E-state index contributed by atoms with van der Waals surface area (Å²) in [6, 6.07) is 3.51. The molecule has 1 unspecified atom stereocenters. The largest absolute Gasteiger partial charge is 0.495 e. The summed E-state index contributed by atoms with van der Waals surface area (Å²) in [5.41, 5.74) is 0.708. The molecule has 5 heteroatoms. The zero-order chi connectivity index (χ0) is 13.3. The number of carbonyl (C=O) groups excluding carboxylic acids is 1. The maximum Gasteiger partial charge on any atom is 0.227 e. The molecule has 18 heavy (non-hydrogen) atoms. The Bertz CT molecular complexity index is 504. The number of benzene rings is 1. The monoisotopic (exact) mass is 329 g/mol. The highest BCUT2D eigenvalue weighted by Crippen LogP contribution is 2.39. The molecule has 3 nitrogen and oxygen atoms in total. The highest BCUT2D eigenvalue weighted by atomic mass is 79.9. The second-order valence-corrected chi connectivity index (χ2v) is 5.40. The van der Waals surface area contributed by atoms with E-state index in [9.17, 15) is 4.79 Å². The fourth-order valence-electron chi connectivity index (χ4n) is 2.02. The standard InChI is InChI=1S/C13H13BrClNO2/c1-3-8-4-13(17)16(7-8)11-6-10(15)9(14)5-12(11)18-2/h3,5-6,8H,1,4,7H2,2H3. The second-order valence-electron chi connectivity index (χ2n) is 4.14. The number of hydrogen-bond acceptors (Lipinski definition) is 2. The van der Waals surface area contributed by atoms with Gasteiger partial charge < -0.3 is 9.64 Å². The molecule has 1 heterocycles. The molecule has 0 saturated carbocycles. The number of ether oxygens (including phenoxy) is 1. The quantitative estimate of drug-likeness (QED) is 0.792. The van der Waals surface area contributed by atoms with Crippen molar-refractivity contribution < 1.29 is 9.53 Å². The van der Waals surface area contributed by atoms with Crippen molar-refractivity contribution in [2.45, 2.75) is 6.42 Å². The van der Waals surface area contributed by atoms with Crippen LogP contribution in [-0.4, -0.2) is 19.6 Å². The third-order valence-electron chi connectivity index (χ3n) is 3.00. The topological polar surface area (TPSA) is 29.5 Å². The average molecular weight is 331 g/mol.